The first-order valence-electron chi connectivity index (χ1n) is 10.2. The Morgan fingerprint density at radius 1 is 1.18 bits per heavy atom. The Labute approximate surface area is 195 Å². The van der Waals surface area contributed by atoms with Crippen LogP contribution in [-0.2, 0) is 21.3 Å². The quantitative estimate of drug-likeness (QED) is 0.583. The van der Waals surface area contributed by atoms with Gasteiger partial charge in [-0.3, -0.25) is 4.79 Å². The second-order valence-electron chi connectivity index (χ2n) is 7.47. The van der Waals surface area contributed by atoms with Crippen molar-refractivity contribution in [2.45, 2.75) is 17.6 Å². The zero-order valence-electron chi connectivity index (χ0n) is 18.2. The molecular formula is C22H22F3N3O5S. The van der Waals surface area contributed by atoms with E-state index in [1.807, 2.05) is 6.07 Å². The molecule has 0 aromatic heterocycles. The van der Waals surface area contributed by atoms with E-state index >= 15 is 0 Å². The first-order chi connectivity index (χ1) is 16.0. The highest BCUT2D eigenvalue weighted by molar-refractivity contribution is 7.89. The molecule has 2 aromatic carbocycles. The summed E-state index contributed by atoms with van der Waals surface area (Å²) >= 11 is 0. The van der Waals surface area contributed by atoms with Gasteiger partial charge < -0.3 is 14.4 Å². The van der Waals surface area contributed by atoms with E-state index in [4.69, 9.17) is 14.7 Å². The minimum atomic E-state index is -4.68. The third-order valence-corrected chi connectivity index (χ3v) is 7.03. The first-order valence-corrected chi connectivity index (χ1v) is 11.6. The first kappa shape index (κ1) is 25.5. The van der Waals surface area contributed by atoms with Gasteiger partial charge in [0.15, 0.2) is 0 Å². The molecule has 12 heteroatoms. The Balaban J connectivity index is 1.96. The highest BCUT2D eigenvalue weighted by Crippen LogP contribution is 2.30. The van der Waals surface area contributed by atoms with Gasteiger partial charge in [-0.1, -0.05) is 12.1 Å². The molecule has 2 aromatic rings. The lowest BCUT2D eigenvalue weighted by Crippen LogP contribution is -2.41. The number of halogens is 3. The van der Waals surface area contributed by atoms with Crippen LogP contribution < -0.4 is 4.74 Å². The van der Waals surface area contributed by atoms with E-state index in [0.717, 1.165) is 6.07 Å². The largest absolute Gasteiger partial charge is 0.495 e. The van der Waals surface area contributed by atoms with E-state index in [0.29, 0.717) is 16.0 Å². The fourth-order valence-corrected chi connectivity index (χ4v) is 5.03. The van der Waals surface area contributed by atoms with Crippen LogP contribution in [0.2, 0.25) is 0 Å². The van der Waals surface area contributed by atoms with Crippen molar-refractivity contribution in [3.8, 4) is 11.8 Å². The number of rotatable bonds is 7. The Morgan fingerprint density at radius 2 is 1.82 bits per heavy atom. The monoisotopic (exact) mass is 497 g/mol. The number of amides is 1. The third-order valence-electron chi connectivity index (χ3n) is 5.11. The van der Waals surface area contributed by atoms with Crippen molar-refractivity contribution in [2.24, 2.45) is 0 Å². The molecule has 0 N–H and O–H groups in total. The van der Waals surface area contributed by atoms with Gasteiger partial charge in [0.05, 0.1) is 32.0 Å². The van der Waals surface area contributed by atoms with Crippen LogP contribution in [-0.4, -0.2) is 69.7 Å². The van der Waals surface area contributed by atoms with Gasteiger partial charge in [0.25, 0.3) is 5.91 Å². The van der Waals surface area contributed by atoms with E-state index in [-0.39, 0.29) is 49.1 Å². The molecule has 0 bridgehead atoms. The number of alkyl halides is 3. The van der Waals surface area contributed by atoms with Crippen molar-refractivity contribution in [1.82, 2.24) is 9.21 Å². The zero-order valence-corrected chi connectivity index (χ0v) is 19.0. The summed E-state index contributed by atoms with van der Waals surface area (Å²) in [6.07, 6.45) is -4.68. The summed E-state index contributed by atoms with van der Waals surface area (Å²) in [5, 5.41) is 8.90. The highest BCUT2D eigenvalue weighted by Gasteiger charge is 2.35. The summed E-state index contributed by atoms with van der Waals surface area (Å²) in [7, 11) is -2.82. The van der Waals surface area contributed by atoms with E-state index in [2.05, 4.69) is 0 Å². The van der Waals surface area contributed by atoms with Crippen LogP contribution in [0.1, 0.15) is 21.5 Å². The second kappa shape index (κ2) is 10.4. The lowest BCUT2D eigenvalue weighted by molar-refractivity contribution is -0.141. The number of benzene rings is 2. The Kier molecular flexibility index (Phi) is 7.81. The predicted molar refractivity (Wildman–Crippen MR) is 115 cm³/mol. The van der Waals surface area contributed by atoms with E-state index in [1.54, 1.807) is 0 Å². The van der Waals surface area contributed by atoms with Gasteiger partial charge in [-0.15, -0.1) is 0 Å². The van der Waals surface area contributed by atoms with E-state index < -0.39 is 28.7 Å². The number of nitriles is 1. The SMILES string of the molecule is COc1ccc(C(=O)N(Cc2ccc(C#N)cc2)CC(F)(F)F)cc1S(=O)(=O)N1CCOCC1. The lowest BCUT2D eigenvalue weighted by Gasteiger charge is -2.27. The van der Waals surface area contributed by atoms with E-state index in [1.165, 1.54) is 47.8 Å². The number of methoxy groups -OCH3 is 1. The van der Waals surface area contributed by atoms with Gasteiger partial charge in [0, 0.05) is 25.2 Å². The Hall–Kier alpha value is -3.14. The molecule has 3 rings (SSSR count). The average molecular weight is 497 g/mol. The fraction of sp³-hybridized carbons (Fsp3) is 0.364. The van der Waals surface area contributed by atoms with Gasteiger partial charge >= 0.3 is 6.18 Å². The van der Waals surface area contributed by atoms with Crippen molar-refractivity contribution in [1.29, 1.82) is 5.26 Å². The summed E-state index contributed by atoms with van der Waals surface area (Å²) in [5.41, 5.74) is 0.474. The maximum absolute atomic E-state index is 13.3. The molecule has 8 nitrogen and oxygen atoms in total. The number of hydrogen-bond acceptors (Lipinski definition) is 6. The van der Waals surface area contributed by atoms with Crippen molar-refractivity contribution in [3.05, 3.63) is 59.2 Å². The normalized spacial score (nSPS) is 14.9. The molecule has 1 amide bonds. The molecule has 0 spiro atoms. The summed E-state index contributed by atoms with van der Waals surface area (Å²) in [5.74, 6) is -1.03. The predicted octanol–water partition coefficient (Wildman–Crippen LogP) is 2.79. The summed E-state index contributed by atoms with van der Waals surface area (Å²) in [6.45, 7) is -1.33. The number of hydrogen-bond donors (Lipinski definition) is 0. The summed E-state index contributed by atoms with van der Waals surface area (Å²) < 4.78 is 77.6. The average Bonchev–Trinajstić information content (AvgIpc) is 2.83. The van der Waals surface area contributed by atoms with Crippen LogP contribution in [0.25, 0.3) is 0 Å². The van der Waals surface area contributed by atoms with Crippen LogP contribution in [0.4, 0.5) is 13.2 Å². The van der Waals surface area contributed by atoms with Gasteiger partial charge in [-0.2, -0.15) is 22.7 Å². The molecule has 0 unspecified atom stereocenters. The van der Waals surface area contributed by atoms with Gasteiger partial charge in [-0.05, 0) is 35.9 Å². The molecule has 1 saturated heterocycles. The number of nitrogens with zero attached hydrogens (tertiary/aromatic N) is 3. The smallest absolute Gasteiger partial charge is 0.406 e. The number of sulfonamides is 1. The molecule has 1 aliphatic rings. The topological polar surface area (TPSA) is 99.9 Å². The number of carbonyl (C=O) groups is 1. The number of carbonyl (C=O) groups excluding carboxylic acids is 1. The van der Waals surface area contributed by atoms with Crippen LogP contribution in [0, 0.1) is 11.3 Å². The number of ether oxygens (including phenoxy) is 2. The van der Waals surface area contributed by atoms with Crippen LogP contribution >= 0.6 is 0 Å². The van der Waals surface area contributed by atoms with Crippen molar-refractivity contribution in [2.75, 3.05) is 40.0 Å². The maximum atomic E-state index is 13.3. The zero-order chi connectivity index (χ0) is 24.9. The van der Waals surface area contributed by atoms with Crippen LogP contribution in [0.3, 0.4) is 0 Å². The summed E-state index contributed by atoms with van der Waals surface area (Å²) in [4.78, 5) is 13.4. The second-order valence-corrected chi connectivity index (χ2v) is 9.37. The van der Waals surface area contributed by atoms with Crippen molar-refractivity contribution >= 4 is 15.9 Å². The summed E-state index contributed by atoms with van der Waals surface area (Å²) in [6, 6.07) is 11.2. The fourth-order valence-electron chi connectivity index (χ4n) is 3.44. The minimum Gasteiger partial charge on any atom is -0.495 e. The van der Waals surface area contributed by atoms with Crippen LogP contribution in [0.5, 0.6) is 5.75 Å². The van der Waals surface area contributed by atoms with Crippen LogP contribution in [0.15, 0.2) is 47.4 Å². The molecular weight excluding hydrogens is 475 g/mol. The molecule has 0 aliphatic carbocycles. The molecule has 1 heterocycles. The van der Waals surface area contributed by atoms with Crippen molar-refractivity contribution in [3.63, 3.8) is 0 Å². The Morgan fingerprint density at radius 3 is 2.38 bits per heavy atom. The van der Waals surface area contributed by atoms with Gasteiger partial charge in [0.1, 0.15) is 17.2 Å². The lowest BCUT2D eigenvalue weighted by atomic mass is 10.1. The standard InChI is InChI=1S/C22H22F3N3O5S/c1-32-19-7-6-18(12-20(19)34(30,31)28-8-10-33-11-9-28)21(29)27(15-22(23,24)25)14-17-4-2-16(13-26)3-5-17/h2-7,12H,8-11,14-15H2,1H3. The molecule has 1 aliphatic heterocycles. The van der Waals surface area contributed by atoms with Gasteiger partial charge in [0.2, 0.25) is 10.0 Å². The minimum absolute atomic E-state index is 0.0301. The molecule has 34 heavy (non-hydrogen) atoms. The molecule has 0 atom stereocenters. The molecule has 182 valence electrons. The Bertz CT molecular complexity index is 1170. The number of morpholine rings is 1. The van der Waals surface area contributed by atoms with Crippen molar-refractivity contribution < 1.29 is 35.9 Å². The molecule has 1 fully saturated rings. The molecule has 0 saturated carbocycles. The highest BCUT2D eigenvalue weighted by atomic mass is 32.2. The van der Waals surface area contributed by atoms with Gasteiger partial charge in [-0.25, -0.2) is 8.42 Å². The molecule has 0 radical (unpaired) electrons. The third kappa shape index (κ3) is 6.05. The maximum Gasteiger partial charge on any atom is 0.406 e. The van der Waals surface area contributed by atoms with E-state index in [9.17, 15) is 26.4 Å².